The molecule has 8 heteroatoms. The predicted molar refractivity (Wildman–Crippen MR) is 87.8 cm³/mol. The van der Waals surface area contributed by atoms with Gasteiger partial charge in [-0.25, -0.2) is 0 Å². The molecule has 0 saturated carbocycles. The maximum absolute atomic E-state index is 12.4. The molecule has 0 aromatic rings. The van der Waals surface area contributed by atoms with Crippen LogP contribution in [0.3, 0.4) is 0 Å². The number of nitrogens with zero attached hydrogens (tertiary/aromatic N) is 3. The standard InChI is InChI=1S/C15H30F3N5/c1-5-23(6-2)12(3)9-20-14(19-4)21-13-7-8-22(10-13)11-15(16,17)18/h12-13H,5-11H2,1-4H3,(H2,19,20,21). The first-order chi connectivity index (χ1) is 10.8. The van der Waals surface area contributed by atoms with E-state index in [4.69, 9.17) is 0 Å². The van der Waals surface area contributed by atoms with Crippen LogP contribution in [0.4, 0.5) is 13.2 Å². The summed E-state index contributed by atoms with van der Waals surface area (Å²) >= 11 is 0. The molecule has 136 valence electrons. The van der Waals surface area contributed by atoms with Gasteiger partial charge in [0, 0.05) is 38.8 Å². The fourth-order valence-electron chi connectivity index (χ4n) is 2.96. The van der Waals surface area contributed by atoms with Crippen LogP contribution in [0.2, 0.25) is 0 Å². The summed E-state index contributed by atoms with van der Waals surface area (Å²) in [4.78, 5) is 7.94. The number of likely N-dealkylation sites (N-methyl/N-ethyl adjacent to an activating group) is 1. The van der Waals surface area contributed by atoms with Crippen molar-refractivity contribution in [3.63, 3.8) is 0 Å². The Labute approximate surface area is 137 Å². The molecule has 0 aromatic carbocycles. The molecule has 0 radical (unpaired) electrons. The van der Waals surface area contributed by atoms with Crippen LogP contribution < -0.4 is 10.6 Å². The Morgan fingerprint density at radius 3 is 2.52 bits per heavy atom. The van der Waals surface area contributed by atoms with E-state index in [9.17, 15) is 13.2 Å². The molecule has 1 aliphatic heterocycles. The smallest absolute Gasteiger partial charge is 0.355 e. The minimum atomic E-state index is -4.13. The maximum atomic E-state index is 12.4. The van der Waals surface area contributed by atoms with Gasteiger partial charge in [0.2, 0.25) is 0 Å². The molecule has 23 heavy (non-hydrogen) atoms. The second-order valence-electron chi connectivity index (χ2n) is 6.00. The van der Waals surface area contributed by atoms with Crippen molar-refractivity contribution in [3.05, 3.63) is 0 Å². The summed E-state index contributed by atoms with van der Waals surface area (Å²) < 4.78 is 37.2. The van der Waals surface area contributed by atoms with E-state index in [-0.39, 0.29) is 6.04 Å². The lowest BCUT2D eigenvalue weighted by molar-refractivity contribution is -0.143. The number of halogens is 3. The molecular formula is C15H30F3N5. The van der Waals surface area contributed by atoms with E-state index in [0.717, 1.165) is 19.6 Å². The van der Waals surface area contributed by atoms with E-state index in [1.54, 1.807) is 7.05 Å². The molecule has 0 aromatic heterocycles. The Balaban J connectivity index is 2.37. The number of rotatable bonds is 7. The summed E-state index contributed by atoms with van der Waals surface area (Å²) in [5.41, 5.74) is 0. The number of nitrogens with one attached hydrogen (secondary N) is 2. The van der Waals surface area contributed by atoms with Gasteiger partial charge < -0.3 is 10.6 Å². The van der Waals surface area contributed by atoms with Crippen LogP contribution in [0.25, 0.3) is 0 Å². The van der Waals surface area contributed by atoms with Gasteiger partial charge >= 0.3 is 6.18 Å². The van der Waals surface area contributed by atoms with Gasteiger partial charge in [-0.3, -0.25) is 14.8 Å². The average Bonchev–Trinajstić information content (AvgIpc) is 2.89. The van der Waals surface area contributed by atoms with Crippen molar-refractivity contribution in [1.29, 1.82) is 0 Å². The van der Waals surface area contributed by atoms with Crippen molar-refractivity contribution in [2.75, 3.05) is 46.3 Å². The third-order valence-corrected chi connectivity index (χ3v) is 4.24. The molecule has 1 saturated heterocycles. The van der Waals surface area contributed by atoms with Crippen LogP contribution in [-0.2, 0) is 0 Å². The Morgan fingerprint density at radius 2 is 2.00 bits per heavy atom. The highest BCUT2D eigenvalue weighted by Gasteiger charge is 2.34. The van der Waals surface area contributed by atoms with Crippen LogP contribution in [0.1, 0.15) is 27.2 Å². The minimum absolute atomic E-state index is 0.00677. The number of aliphatic imine (C=N–C) groups is 1. The van der Waals surface area contributed by atoms with E-state index in [2.05, 4.69) is 41.3 Å². The number of likely N-dealkylation sites (tertiary alicyclic amines) is 1. The predicted octanol–water partition coefficient (Wildman–Crippen LogP) is 1.52. The molecule has 0 amide bonds. The Kier molecular flexibility index (Phi) is 8.11. The molecule has 2 atom stereocenters. The molecule has 5 nitrogen and oxygen atoms in total. The second kappa shape index (κ2) is 9.32. The molecule has 1 aliphatic rings. The maximum Gasteiger partial charge on any atom is 0.401 e. The number of hydrogen-bond donors (Lipinski definition) is 2. The molecule has 1 rings (SSSR count). The highest BCUT2D eigenvalue weighted by atomic mass is 19.4. The van der Waals surface area contributed by atoms with Crippen molar-refractivity contribution in [2.45, 2.75) is 45.5 Å². The van der Waals surface area contributed by atoms with E-state index in [1.165, 1.54) is 4.90 Å². The molecule has 1 heterocycles. The summed E-state index contributed by atoms with van der Waals surface area (Å²) in [6.45, 7) is 9.14. The molecule has 0 aliphatic carbocycles. The van der Waals surface area contributed by atoms with Crippen LogP contribution in [0.15, 0.2) is 4.99 Å². The summed E-state index contributed by atoms with van der Waals surface area (Å²) in [6, 6.07) is 0.376. The van der Waals surface area contributed by atoms with Gasteiger partial charge in [0.15, 0.2) is 5.96 Å². The zero-order valence-corrected chi connectivity index (χ0v) is 14.6. The quantitative estimate of drug-likeness (QED) is 0.546. The largest absolute Gasteiger partial charge is 0.401 e. The first-order valence-electron chi connectivity index (χ1n) is 8.29. The van der Waals surface area contributed by atoms with E-state index in [1.807, 2.05) is 0 Å². The van der Waals surface area contributed by atoms with Crippen LogP contribution >= 0.6 is 0 Å². The van der Waals surface area contributed by atoms with Crippen LogP contribution in [0.5, 0.6) is 0 Å². The number of hydrogen-bond acceptors (Lipinski definition) is 3. The monoisotopic (exact) mass is 337 g/mol. The van der Waals surface area contributed by atoms with Gasteiger partial charge in [-0.2, -0.15) is 13.2 Å². The Hall–Kier alpha value is -1.02. The first kappa shape index (κ1) is 20.0. The third-order valence-electron chi connectivity index (χ3n) is 4.24. The van der Waals surface area contributed by atoms with Gasteiger partial charge in [-0.05, 0) is 26.4 Å². The van der Waals surface area contributed by atoms with Crippen molar-refractivity contribution < 1.29 is 13.2 Å². The molecular weight excluding hydrogens is 307 g/mol. The molecule has 0 spiro atoms. The number of guanidine groups is 1. The lowest BCUT2D eigenvalue weighted by Crippen LogP contribution is -2.49. The summed E-state index contributed by atoms with van der Waals surface area (Å²) in [5, 5.41) is 6.49. The van der Waals surface area contributed by atoms with Gasteiger partial charge in [-0.1, -0.05) is 13.8 Å². The molecule has 2 N–H and O–H groups in total. The Morgan fingerprint density at radius 1 is 1.35 bits per heavy atom. The zero-order chi connectivity index (χ0) is 17.5. The fourth-order valence-corrected chi connectivity index (χ4v) is 2.96. The first-order valence-corrected chi connectivity index (χ1v) is 8.29. The fraction of sp³-hybridized carbons (Fsp3) is 0.933. The van der Waals surface area contributed by atoms with Gasteiger partial charge in [0.1, 0.15) is 0 Å². The highest BCUT2D eigenvalue weighted by Crippen LogP contribution is 2.19. The average molecular weight is 337 g/mol. The third kappa shape index (κ3) is 7.39. The SMILES string of the molecule is CCN(CC)C(C)CNC(=NC)NC1CCN(CC(F)(F)F)C1. The highest BCUT2D eigenvalue weighted by molar-refractivity contribution is 5.80. The van der Waals surface area contributed by atoms with E-state index >= 15 is 0 Å². The molecule has 2 unspecified atom stereocenters. The topological polar surface area (TPSA) is 42.9 Å². The number of alkyl halides is 3. The van der Waals surface area contributed by atoms with Gasteiger partial charge in [0.05, 0.1) is 6.54 Å². The van der Waals surface area contributed by atoms with Crippen molar-refractivity contribution >= 4 is 5.96 Å². The molecule has 0 bridgehead atoms. The van der Waals surface area contributed by atoms with Gasteiger partial charge in [0.25, 0.3) is 0 Å². The lowest BCUT2D eigenvalue weighted by Gasteiger charge is -2.27. The van der Waals surface area contributed by atoms with Crippen LogP contribution in [-0.4, -0.2) is 80.3 Å². The normalized spacial score (nSPS) is 21.7. The lowest BCUT2D eigenvalue weighted by atomic mass is 10.2. The minimum Gasteiger partial charge on any atom is -0.355 e. The van der Waals surface area contributed by atoms with E-state index < -0.39 is 12.7 Å². The van der Waals surface area contributed by atoms with Crippen molar-refractivity contribution in [3.8, 4) is 0 Å². The second-order valence-corrected chi connectivity index (χ2v) is 6.00. The summed E-state index contributed by atoms with van der Waals surface area (Å²) in [6.07, 6.45) is -3.43. The summed E-state index contributed by atoms with van der Waals surface area (Å²) in [5.74, 6) is 0.655. The van der Waals surface area contributed by atoms with Crippen molar-refractivity contribution in [2.24, 2.45) is 4.99 Å². The van der Waals surface area contributed by atoms with Gasteiger partial charge in [-0.15, -0.1) is 0 Å². The Bertz CT molecular complexity index is 369. The summed E-state index contributed by atoms with van der Waals surface area (Å²) in [7, 11) is 1.68. The van der Waals surface area contributed by atoms with Crippen LogP contribution in [0, 0.1) is 0 Å². The zero-order valence-electron chi connectivity index (χ0n) is 14.6. The van der Waals surface area contributed by atoms with Crippen molar-refractivity contribution in [1.82, 2.24) is 20.4 Å². The van der Waals surface area contributed by atoms with E-state index in [0.29, 0.717) is 31.5 Å². The molecule has 1 fully saturated rings.